The van der Waals surface area contributed by atoms with Gasteiger partial charge in [0, 0.05) is 34.9 Å². The van der Waals surface area contributed by atoms with Crippen LogP contribution >= 0.6 is 11.3 Å². The molecule has 0 unspecified atom stereocenters. The van der Waals surface area contributed by atoms with Gasteiger partial charge < -0.3 is 19.3 Å². The van der Waals surface area contributed by atoms with E-state index in [2.05, 4.69) is 6.07 Å². The van der Waals surface area contributed by atoms with Crippen LogP contribution in [0.1, 0.15) is 28.4 Å². The molecule has 0 N–H and O–H groups in total. The first kappa shape index (κ1) is 26.6. The molecule has 0 aliphatic heterocycles. The fourth-order valence-corrected chi connectivity index (χ4v) is 4.62. The van der Waals surface area contributed by atoms with Crippen molar-refractivity contribution in [2.75, 3.05) is 25.6 Å². The summed E-state index contributed by atoms with van der Waals surface area (Å²) in [5.74, 6) is -1.17. The quantitative estimate of drug-likeness (QED) is 0.0992. The van der Waals surface area contributed by atoms with Gasteiger partial charge in [-0.05, 0) is 55.8 Å². The molecule has 0 bridgehead atoms. The van der Waals surface area contributed by atoms with E-state index in [0.29, 0.717) is 22.5 Å². The van der Waals surface area contributed by atoms with Gasteiger partial charge in [-0.3, -0.25) is 14.5 Å². The smallest absolute Gasteiger partial charge is 0.323 e. The molecule has 1 aromatic heterocycles. The fraction of sp³-hybridized carbons (Fsp3) is 0.250. The number of thiophene rings is 1. The Morgan fingerprint density at radius 1 is 1.23 bits per heavy atom. The van der Waals surface area contributed by atoms with Gasteiger partial charge in [-0.1, -0.05) is 0 Å². The number of non-ortho nitro benzene ring substituents is 1. The third kappa shape index (κ3) is 5.84. The average Bonchev–Trinajstić information content (AvgIpc) is 3.17. The SMILES string of the molecule is CCOC(=O)c1c(N([C-]=O)Cc2[c-]cccc2F)sc(-c2ccc([N+](=O)[O-])cc2)c1CN(C)C.[Rf]. The topological polar surface area (TPSA) is 93.0 Å². The Labute approximate surface area is 200 Å². The first-order valence-corrected chi connectivity index (χ1v) is 11.1. The molecule has 0 fully saturated rings. The van der Waals surface area contributed by atoms with Crippen LogP contribution in [0.15, 0.2) is 42.5 Å². The van der Waals surface area contributed by atoms with Crippen molar-refractivity contribution in [3.05, 3.63) is 81.2 Å². The van der Waals surface area contributed by atoms with Gasteiger partial charge in [0.25, 0.3) is 5.69 Å². The number of carbonyl (C=O) groups is 1. The second-order valence-electron chi connectivity index (χ2n) is 7.53. The zero-order valence-corrected chi connectivity index (χ0v) is 26.8. The number of carbonyl (C=O) groups excluding carboxylic acids is 2. The van der Waals surface area contributed by atoms with Crippen molar-refractivity contribution in [2.45, 2.75) is 20.0 Å². The number of nitro benzene ring substituents is 1. The van der Waals surface area contributed by atoms with Crippen molar-refractivity contribution in [3.8, 4) is 10.4 Å². The van der Waals surface area contributed by atoms with Crippen LogP contribution in [0.3, 0.4) is 0 Å². The summed E-state index contributed by atoms with van der Waals surface area (Å²) in [4.78, 5) is 39.2. The summed E-state index contributed by atoms with van der Waals surface area (Å²) in [6.07, 6.45) is 1.80. The van der Waals surface area contributed by atoms with Crippen LogP contribution in [-0.4, -0.2) is 42.9 Å². The number of anilines is 1. The zero-order chi connectivity index (χ0) is 24.8. The van der Waals surface area contributed by atoms with Gasteiger partial charge in [-0.2, -0.15) is 18.2 Å². The largest absolute Gasteiger partial charge is 0.466 e. The van der Waals surface area contributed by atoms with Gasteiger partial charge in [-0.25, -0.2) is 16.1 Å². The summed E-state index contributed by atoms with van der Waals surface area (Å²) < 4.78 is 19.5. The Morgan fingerprint density at radius 2 is 1.91 bits per heavy atom. The molecule has 0 saturated carbocycles. The normalized spacial score (nSPS) is 10.5. The second-order valence-corrected chi connectivity index (χ2v) is 8.53. The number of amides is 1. The second kappa shape index (κ2) is 11.5. The molecule has 0 atom stereocenters. The Balaban J connectivity index is 0.00000432. The van der Waals surface area contributed by atoms with Gasteiger partial charge in [0.2, 0.25) is 0 Å². The summed E-state index contributed by atoms with van der Waals surface area (Å²) in [5, 5.41) is 11.3. The predicted octanol–water partition coefficient (Wildman–Crippen LogP) is 4.57. The van der Waals surface area contributed by atoms with E-state index in [9.17, 15) is 24.1 Å². The van der Waals surface area contributed by atoms with E-state index in [1.807, 2.05) is 19.0 Å². The van der Waals surface area contributed by atoms with Crippen molar-refractivity contribution in [2.24, 2.45) is 0 Å². The minimum absolute atomic E-state index is 0. The summed E-state index contributed by atoms with van der Waals surface area (Å²) in [7, 11) is 3.65. The number of nitro groups is 1. The number of esters is 1. The number of ether oxygens (including phenoxy) is 1. The number of nitrogens with zero attached hydrogens (tertiary/aromatic N) is 3. The number of hydrogen-bond acceptors (Lipinski definition) is 7. The minimum Gasteiger partial charge on any atom is -0.466 e. The molecule has 1 amide bonds. The first-order chi connectivity index (χ1) is 16.3. The molecule has 11 heteroatoms. The van der Waals surface area contributed by atoms with Crippen molar-refractivity contribution in [1.29, 1.82) is 0 Å². The van der Waals surface area contributed by atoms with Crippen molar-refractivity contribution < 1.29 is 23.6 Å². The number of hydrogen-bond donors (Lipinski definition) is 0. The van der Waals surface area contributed by atoms with Crippen LogP contribution in [0.5, 0.6) is 0 Å². The summed E-state index contributed by atoms with van der Waals surface area (Å²) in [5.41, 5.74) is 1.47. The maximum Gasteiger partial charge on any atom is 0.323 e. The first-order valence-electron chi connectivity index (χ1n) is 10.3. The fourth-order valence-electron chi connectivity index (χ4n) is 3.37. The standard InChI is InChI=1S/C24H22FN3O5S.Rf/c1-4-33-24(30)21-19(14-26(2)3)22(16-9-11-18(12-10-16)28(31)32)34-23(21)27(15-29)13-17-7-5-6-8-20(17)25;/h5-6,8-12H,4,13-14H2,1-3H3;/q-2;. The summed E-state index contributed by atoms with van der Waals surface area (Å²) in [6.45, 7) is 1.93. The van der Waals surface area contributed by atoms with Crippen molar-refractivity contribution in [1.82, 2.24) is 4.90 Å². The van der Waals surface area contributed by atoms with Gasteiger partial charge in [0.15, 0.2) is 0 Å². The predicted molar refractivity (Wildman–Crippen MR) is 127 cm³/mol. The molecule has 0 radical (unpaired) electrons. The molecular formula is C24H22FN3O5RfS-2. The van der Waals surface area contributed by atoms with Crippen LogP contribution in [-0.2, 0) is 22.6 Å². The number of halogens is 1. The molecule has 0 aliphatic rings. The van der Waals surface area contributed by atoms with Crippen LogP contribution in [0.2, 0.25) is 0 Å². The number of rotatable bonds is 10. The van der Waals surface area contributed by atoms with Crippen molar-refractivity contribution in [3.63, 3.8) is 0 Å². The Morgan fingerprint density at radius 3 is 2.46 bits per heavy atom. The Kier molecular flexibility index (Phi) is 8.73. The average molecular weight is 751 g/mol. The molecule has 3 rings (SSSR count). The zero-order valence-electron chi connectivity index (χ0n) is 19.5. The molecule has 0 saturated heterocycles. The third-order valence-corrected chi connectivity index (χ3v) is 6.14. The van der Waals surface area contributed by atoms with E-state index < -0.39 is 16.7 Å². The van der Waals surface area contributed by atoms with E-state index in [-0.39, 0.29) is 35.0 Å². The monoisotopic (exact) mass is 750 g/mol. The van der Waals surface area contributed by atoms with E-state index in [1.165, 1.54) is 30.3 Å². The van der Waals surface area contributed by atoms with Crippen LogP contribution in [0.25, 0.3) is 10.4 Å². The molecule has 180 valence electrons. The molecular weight excluding hydrogens is 728 g/mol. The van der Waals surface area contributed by atoms with Gasteiger partial charge >= 0.3 is 5.97 Å². The number of benzene rings is 2. The van der Waals surface area contributed by atoms with E-state index in [4.69, 9.17) is 4.74 Å². The molecule has 3 aromatic rings. The molecule has 2 aromatic carbocycles. The van der Waals surface area contributed by atoms with Crippen LogP contribution in [0.4, 0.5) is 15.1 Å². The van der Waals surface area contributed by atoms with E-state index >= 15 is 0 Å². The molecule has 1 heterocycles. The summed E-state index contributed by atoms with van der Waals surface area (Å²) in [6, 6.07) is 13.0. The van der Waals surface area contributed by atoms with Crippen LogP contribution in [0, 0.1) is 22.0 Å². The van der Waals surface area contributed by atoms with Gasteiger partial charge in [-0.15, -0.1) is 11.6 Å². The molecule has 0 aliphatic carbocycles. The molecule has 0 spiro atoms. The molecule has 35 heavy (non-hydrogen) atoms. The van der Waals surface area contributed by atoms with Gasteiger partial charge in [0.05, 0.1) is 17.9 Å². The van der Waals surface area contributed by atoms with Gasteiger partial charge in [0.1, 0.15) is 0 Å². The summed E-state index contributed by atoms with van der Waals surface area (Å²) >= 11 is 1.14. The molecule has 8 nitrogen and oxygen atoms in total. The Bertz CT molecular complexity index is 1200. The Hall–Kier alpha value is -4.63. The van der Waals surface area contributed by atoms with E-state index in [1.54, 1.807) is 25.5 Å². The maximum absolute atomic E-state index is 14.3. The van der Waals surface area contributed by atoms with Crippen molar-refractivity contribution >= 4 is 34.4 Å². The van der Waals surface area contributed by atoms with E-state index in [0.717, 1.165) is 16.2 Å². The third-order valence-electron chi connectivity index (χ3n) is 4.84. The van der Waals surface area contributed by atoms with Crippen LogP contribution < -0.4 is 4.90 Å². The minimum atomic E-state index is -0.628. The maximum atomic E-state index is 14.3.